The number of aromatic nitrogens is 8. The summed E-state index contributed by atoms with van der Waals surface area (Å²) in [7, 11) is -4.87. The molecule has 0 amide bonds. The first-order chi connectivity index (χ1) is 35.4. The van der Waals surface area contributed by atoms with Gasteiger partial charge < -0.3 is 28.2 Å². The van der Waals surface area contributed by atoms with E-state index in [4.69, 9.17) is 20.6 Å². The first-order valence-electron chi connectivity index (χ1n) is 23.4. The SMILES string of the molecule is CCC[I-]C.Cc1ccc2ncccc2c1-c1cc(-c2c(C)noc2C)cc2nc(NS(C)(=O)=O)n(C)c12.Cc1ccc2ncccc2c1B(O)O.Cc1noc(C)c1-c1cc(Cl)c2c(c1)nc(NS(C)(=O)=O)n2C. The summed E-state index contributed by atoms with van der Waals surface area (Å²) in [6.07, 6.45) is 7.04. The molecule has 0 aliphatic carbocycles. The van der Waals surface area contributed by atoms with Crippen molar-refractivity contribution in [2.45, 2.75) is 54.9 Å². The van der Waals surface area contributed by atoms with Crippen LogP contribution in [0.3, 0.4) is 0 Å². The molecule has 0 atom stereocenters. The van der Waals surface area contributed by atoms with E-state index < -0.39 is 27.2 Å². The van der Waals surface area contributed by atoms with Gasteiger partial charge in [0.2, 0.25) is 31.9 Å². The Morgan fingerprint density at radius 1 is 0.653 bits per heavy atom. The number of alkyl halides is 2. The van der Waals surface area contributed by atoms with Crippen LogP contribution in [-0.2, 0) is 34.1 Å². The number of anilines is 2. The fraction of sp³-hybridized carbons (Fsp3) is 0.269. The summed E-state index contributed by atoms with van der Waals surface area (Å²) in [4.78, 5) is 19.9. The van der Waals surface area contributed by atoms with Gasteiger partial charge in [0.1, 0.15) is 11.5 Å². The van der Waals surface area contributed by atoms with Crippen LogP contribution in [0.25, 0.3) is 77.3 Å². The second kappa shape index (κ2) is 23.2. The maximum atomic E-state index is 12.0. The minimum Gasteiger partial charge on any atom is -0.423 e. The van der Waals surface area contributed by atoms with E-state index in [1.165, 1.54) is 10.8 Å². The Balaban J connectivity index is 0.000000169. The number of imidazole rings is 2. The standard InChI is InChI=1S/C24H23N5O3S.C14H15ClN4O3S.C10H10BNO2.C4H10I/c1-13-8-9-19-17(7-6-10-25-19)21(13)18-11-16(22-14(2)27-32-15(22)3)12-20-23(18)29(4)24(26-20)28-33(5,30)31;1-7-12(8(2)22-17-7)9-5-10(15)13-11(6-9)16-14(19(13)3)18-23(4,20)21;1-7-4-5-9-8(3-2-6-12-9)10(7)11(13)14;1-3-4-5-2/h6-12H,1-5H3,(H,26,28);5-6H,1-4H3,(H,16,18);2-6,13-14H,1H3;3-4H2,1-2H3/q;;;-1. The van der Waals surface area contributed by atoms with Crippen LogP contribution in [0.2, 0.25) is 5.02 Å². The van der Waals surface area contributed by atoms with Crippen molar-refractivity contribution in [1.29, 1.82) is 0 Å². The van der Waals surface area contributed by atoms with Crippen LogP contribution in [0, 0.1) is 41.5 Å². The predicted molar refractivity (Wildman–Crippen MR) is 296 cm³/mol. The molecule has 0 bridgehead atoms. The van der Waals surface area contributed by atoms with Crippen LogP contribution < -0.4 is 36.1 Å². The second-order valence-electron chi connectivity index (χ2n) is 17.9. The maximum absolute atomic E-state index is 12.0. The van der Waals surface area contributed by atoms with E-state index in [2.05, 4.69) is 64.5 Å². The molecule has 4 aromatic carbocycles. The number of pyridine rings is 2. The quantitative estimate of drug-likeness (QED) is 0.0703. The Morgan fingerprint density at radius 2 is 1.13 bits per heavy atom. The van der Waals surface area contributed by atoms with Crippen LogP contribution >= 0.6 is 11.6 Å². The third-order valence-electron chi connectivity index (χ3n) is 12.0. The van der Waals surface area contributed by atoms with Gasteiger partial charge in [-0.25, -0.2) is 26.8 Å². The average molecular weight is 1190 g/mol. The summed E-state index contributed by atoms with van der Waals surface area (Å²) in [5.74, 6) is 1.85. The molecule has 0 aliphatic heterocycles. The van der Waals surface area contributed by atoms with E-state index >= 15 is 0 Å². The summed E-state index contributed by atoms with van der Waals surface area (Å²) in [6.45, 7) is 13.6. The van der Waals surface area contributed by atoms with Crippen LogP contribution in [0.5, 0.6) is 0 Å². The molecule has 10 aromatic rings. The molecule has 0 spiro atoms. The number of hydrogen-bond acceptors (Lipinski definition) is 14. The van der Waals surface area contributed by atoms with Crippen LogP contribution in [0.15, 0.2) is 94.2 Å². The van der Waals surface area contributed by atoms with Crippen molar-refractivity contribution in [1.82, 2.24) is 39.4 Å². The Kier molecular flexibility index (Phi) is 17.4. The molecular weight excluding hydrogens is 1130 g/mol. The molecule has 10 rings (SSSR count). The van der Waals surface area contributed by atoms with Crippen LogP contribution in [0.4, 0.5) is 11.9 Å². The zero-order valence-corrected chi connectivity index (χ0v) is 48.1. The number of sulfonamides is 2. The normalized spacial score (nSPS) is 11.6. The molecule has 23 heteroatoms. The van der Waals surface area contributed by atoms with Crippen LogP contribution in [0.1, 0.15) is 47.4 Å². The topological polar surface area (TPSA) is 246 Å². The average Bonchev–Trinajstić information content (AvgIpc) is 4.06. The summed E-state index contributed by atoms with van der Waals surface area (Å²) < 4.78 is 67.2. The first kappa shape index (κ1) is 56.3. The van der Waals surface area contributed by atoms with Crippen LogP contribution in [-0.4, -0.2) is 95.3 Å². The Labute approximate surface area is 451 Å². The van der Waals surface area contributed by atoms with Gasteiger partial charge in [-0.2, -0.15) is 0 Å². The molecule has 0 saturated carbocycles. The zero-order valence-electron chi connectivity index (χ0n) is 43.6. The summed E-state index contributed by atoms with van der Waals surface area (Å²) in [6, 6.07) is 23.0. The van der Waals surface area contributed by atoms with Crippen molar-refractivity contribution >= 4 is 100.0 Å². The molecular formula is C52H58BClIN10O8S2-. The third-order valence-corrected chi connectivity index (χ3v) is 15.6. The molecule has 4 N–H and O–H groups in total. The molecule has 0 saturated heterocycles. The Morgan fingerprint density at radius 3 is 1.60 bits per heavy atom. The van der Waals surface area contributed by atoms with E-state index in [9.17, 15) is 26.9 Å². The minimum atomic E-state index is -3.50. The number of hydrogen-bond donors (Lipinski definition) is 4. The Bertz CT molecular complexity index is 3930. The molecule has 0 radical (unpaired) electrons. The van der Waals surface area contributed by atoms with E-state index in [0.29, 0.717) is 59.8 Å². The van der Waals surface area contributed by atoms with Gasteiger partial charge in [0, 0.05) is 54.0 Å². The number of benzene rings is 4. The second-order valence-corrected chi connectivity index (χ2v) is 24.4. The van der Waals surface area contributed by atoms with Gasteiger partial charge in [-0.3, -0.25) is 19.4 Å². The molecule has 75 heavy (non-hydrogen) atoms. The fourth-order valence-corrected chi connectivity index (χ4v) is 11.3. The molecule has 0 unspecified atom stereocenters. The third kappa shape index (κ3) is 12.6. The molecule has 394 valence electrons. The number of nitrogens with zero attached hydrogens (tertiary/aromatic N) is 8. The zero-order chi connectivity index (χ0) is 54.7. The Hall–Kier alpha value is -6.44. The van der Waals surface area contributed by atoms with Crippen molar-refractivity contribution in [3.8, 4) is 33.4 Å². The van der Waals surface area contributed by atoms with E-state index in [1.54, 1.807) is 47.8 Å². The van der Waals surface area contributed by atoms with E-state index in [-0.39, 0.29) is 11.9 Å². The van der Waals surface area contributed by atoms with E-state index in [1.807, 2.05) is 89.2 Å². The summed E-state index contributed by atoms with van der Waals surface area (Å²) in [5, 5.41) is 28.8. The summed E-state index contributed by atoms with van der Waals surface area (Å²) >= 11 is 6.99. The van der Waals surface area contributed by atoms with Crippen molar-refractivity contribution in [2.75, 3.05) is 31.3 Å². The van der Waals surface area contributed by atoms with Gasteiger partial charge in [-0.1, -0.05) is 51.7 Å². The number of aryl methyl sites for hydroxylation is 8. The molecule has 0 fully saturated rings. The van der Waals surface area contributed by atoms with Gasteiger partial charge >= 0.3 is 51.0 Å². The van der Waals surface area contributed by atoms with Crippen molar-refractivity contribution in [2.24, 2.45) is 14.1 Å². The molecule has 6 heterocycles. The first-order valence-corrected chi connectivity index (χ1v) is 31.2. The fourth-order valence-electron chi connectivity index (χ4n) is 8.87. The van der Waals surface area contributed by atoms with Crippen molar-refractivity contribution in [3.63, 3.8) is 0 Å². The maximum Gasteiger partial charge on any atom is 0.489 e. The molecule has 6 aromatic heterocycles. The molecule has 18 nitrogen and oxygen atoms in total. The van der Waals surface area contributed by atoms with Gasteiger partial charge in [-0.15, -0.1) is 0 Å². The minimum absolute atomic E-state index is 0.209. The van der Waals surface area contributed by atoms with Gasteiger partial charge in [0.05, 0.1) is 62.0 Å². The number of nitrogens with one attached hydrogen (secondary N) is 2. The number of rotatable bonds is 10. The largest absolute Gasteiger partial charge is 0.489 e. The number of halogens is 2. The van der Waals surface area contributed by atoms with Gasteiger partial charge in [-0.05, 0) is 118 Å². The monoisotopic (exact) mass is 1190 g/mol. The van der Waals surface area contributed by atoms with Crippen molar-refractivity contribution in [3.05, 3.63) is 124 Å². The number of fused-ring (bicyclic) bond motifs is 4. The summed E-state index contributed by atoms with van der Waals surface area (Å²) in [5.41, 5.74) is 13.8. The van der Waals surface area contributed by atoms with Crippen molar-refractivity contribution < 1.29 is 57.1 Å². The predicted octanol–water partition coefficient (Wildman–Crippen LogP) is 5.95. The van der Waals surface area contributed by atoms with Gasteiger partial charge in [0.15, 0.2) is 0 Å². The van der Waals surface area contributed by atoms with Gasteiger partial charge in [0.25, 0.3) is 0 Å². The molecule has 0 aliphatic rings. The van der Waals surface area contributed by atoms with E-state index in [0.717, 1.165) is 95.7 Å². The smallest absolute Gasteiger partial charge is 0.423 e.